The molecule has 0 amide bonds. The van der Waals surface area contributed by atoms with Gasteiger partial charge in [-0.1, -0.05) is 0 Å². The van der Waals surface area contributed by atoms with Crippen LogP contribution in [-0.2, 0) is 0 Å². The third kappa shape index (κ3) is 0.922. The molecule has 2 aromatic rings. The molecule has 0 aliphatic rings. The highest BCUT2D eigenvalue weighted by Crippen LogP contribution is 2.15. The van der Waals surface area contributed by atoms with Crippen LogP contribution in [0.1, 0.15) is 0 Å². The summed E-state index contributed by atoms with van der Waals surface area (Å²) in [6, 6.07) is 4.72. The van der Waals surface area contributed by atoms with Crippen LogP contribution in [0.25, 0.3) is 5.52 Å². The van der Waals surface area contributed by atoms with Gasteiger partial charge < -0.3 is 4.74 Å². The molecule has 0 unspecified atom stereocenters. The van der Waals surface area contributed by atoms with E-state index < -0.39 is 5.95 Å². The molecule has 0 aliphatic carbocycles. The average Bonchev–Trinajstić information content (AvgIpc) is 2.52. The Bertz CT molecular complexity index is 410. The number of hydrogen-bond donors (Lipinski definition) is 0. The van der Waals surface area contributed by atoms with Crippen LogP contribution >= 0.6 is 0 Å². The number of halogens is 1. The van der Waals surface area contributed by atoms with E-state index in [9.17, 15) is 4.39 Å². The highest BCUT2D eigenvalue weighted by Gasteiger charge is 2.02. The molecule has 2 heterocycles. The number of pyridine rings is 1. The van der Waals surface area contributed by atoms with Crippen molar-refractivity contribution in [1.82, 2.24) is 9.61 Å². The molecule has 0 aromatic carbocycles. The minimum absolute atomic E-state index is 0.422. The Morgan fingerprint density at radius 2 is 2.33 bits per heavy atom. The lowest BCUT2D eigenvalue weighted by Gasteiger charge is -2.00. The minimum Gasteiger partial charge on any atom is -0.497 e. The smallest absolute Gasteiger partial charge is 0.218 e. The van der Waals surface area contributed by atoms with Crippen molar-refractivity contribution in [2.75, 3.05) is 7.11 Å². The molecule has 0 saturated carbocycles. The van der Waals surface area contributed by atoms with Crippen molar-refractivity contribution in [3.8, 4) is 5.75 Å². The second-order valence-corrected chi connectivity index (χ2v) is 2.39. The SMILES string of the molecule is COc1cc(F)n2nccc2c1. The summed E-state index contributed by atoms with van der Waals surface area (Å²) >= 11 is 0. The first-order valence-corrected chi connectivity index (χ1v) is 3.48. The zero-order valence-electron chi connectivity index (χ0n) is 6.49. The van der Waals surface area contributed by atoms with Crippen LogP contribution in [0.15, 0.2) is 24.4 Å². The summed E-state index contributed by atoms with van der Waals surface area (Å²) in [7, 11) is 1.50. The standard InChI is InChI=1S/C8H7FN2O/c1-12-7-4-6-2-3-10-11(6)8(9)5-7/h2-5H,1H3. The average molecular weight is 166 g/mol. The second kappa shape index (κ2) is 2.48. The summed E-state index contributed by atoms with van der Waals surface area (Å²) in [6.45, 7) is 0. The molecular weight excluding hydrogens is 159 g/mol. The normalized spacial score (nSPS) is 10.5. The molecular formula is C8H7FN2O. The van der Waals surface area contributed by atoms with Crippen molar-refractivity contribution in [1.29, 1.82) is 0 Å². The van der Waals surface area contributed by atoms with E-state index in [1.165, 1.54) is 23.9 Å². The van der Waals surface area contributed by atoms with Gasteiger partial charge in [-0.2, -0.15) is 9.49 Å². The molecule has 2 rings (SSSR count). The van der Waals surface area contributed by atoms with Crippen molar-refractivity contribution in [3.05, 3.63) is 30.3 Å². The Labute approximate surface area is 68.4 Å². The fourth-order valence-corrected chi connectivity index (χ4v) is 1.09. The zero-order chi connectivity index (χ0) is 8.55. The predicted molar refractivity (Wildman–Crippen MR) is 41.7 cm³/mol. The van der Waals surface area contributed by atoms with E-state index >= 15 is 0 Å². The molecule has 4 heteroatoms. The maximum atomic E-state index is 13.1. The first-order valence-electron chi connectivity index (χ1n) is 3.48. The summed E-state index contributed by atoms with van der Waals surface area (Å²) in [4.78, 5) is 0. The summed E-state index contributed by atoms with van der Waals surface area (Å²) in [5.41, 5.74) is 0.687. The summed E-state index contributed by atoms with van der Waals surface area (Å²) in [5.74, 6) is 0.0786. The van der Waals surface area contributed by atoms with E-state index in [1.54, 1.807) is 12.1 Å². The third-order valence-corrected chi connectivity index (χ3v) is 1.66. The van der Waals surface area contributed by atoms with E-state index in [1.807, 2.05) is 0 Å². The Hall–Kier alpha value is -1.58. The molecule has 0 spiro atoms. The van der Waals surface area contributed by atoms with Crippen LogP contribution in [-0.4, -0.2) is 16.7 Å². The van der Waals surface area contributed by atoms with Crippen LogP contribution in [0, 0.1) is 5.95 Å². The molecule has 0 N–H and O–H groups in total. The van der Waals surface area contributed by atoms with Crippen molar-refractivity contribution >= 4 is 5.52 Å². The van der Waals surface area contributed by atoms with Gasteiger partial charge in [0, 0.05) is 12.1 Å². The number of rotatable bonds is 1. The predicted octanol–water partition coefficient (Wildman–Crippen LogP) is 1.48. The number of fused-ring (bicyclic) bond motifs is 1. The van der Waals surface area contributed by atoms with Gasteiger partial charge in [0.1, 0.15) is 5.75 Å². The first kappa shape index (κ1) is 7.09. The molecule has 0 radical (unpaired) electrons. The van der Waals surface area contributed by atoms with Gasteiger partial charge in [-0.15, -0.1) is 0 Å². The van der Waals surface area contributed by atoms with Gasteiger partial charge >= 0.3 is 0 Å². The van der Waals surface area contributed by atoms with Gasteiger partial charge in [-0.3, -0.25) is 0 Å². The topological polar surface area (TPSA) is 26.5 Å². The van der Waals surface area contributed by atoms with Crippen molar-refractivity contribution < 1.29 is 9.13 Å². The van der Waals surface area contributed by atoms with Crippen LogP contribution in [0.5, 0.6) is 5.75 Å². The number of nitrogens with zero attached hydrogens (tertiary/aromatic N) is 2. The van der Waals surface area contributed by atoms with Gasteiger partial charge in [-0.05, 0) is 6.07 Å². The molecule has 2 aromatic heterocycles. The molecule has 3 nitrogen and oxygen atoms in total. The van der Waals surface area contributed by atoms with Crippen LogP contribution < -0.4 is 4.74 Å². The van der Waals surface area contributed by atoms with Crippen molar-refractivity contribution in [2.45, 2.75) is 0 Å². The maximum Gasteiger partial charge on any atom is 0.218 e. The molecule has 0 bridgehead atoms. The molecule has 0 atom stereocenters. The highest BCUT2D eigenvalue weighted by atomic mass is 19.1. The van der Waals surface area contributed by atoms with E-state index in [0.29, 0.717) is 11.3 Å². The number of hydrogen-bond acceptors (Lipinski definition) is 2. The van der Waals surface area contributed by atoms with Crippen LogP contribution in [0.3, 0.4) is 0 Å². The first-order chi connectivity index (χ1) is 5.81. The third-order valence-electron chi connectivity index (χ3n) is 1.66. The molecule has 0 fully saturated rings. The summed E-state index contributed by atoms with van der Waals surface area (Å²) in [6.07, 6.45) is 1.54. The van der Waals surface area contributed by atoms with Gasteiger partial charge in [0.25, 0.3) is 0 Å². The Morgan fingerprint density at radius 1 is 1.50 bits per heavy atom. The molecule has 0 saturated heterocycles. The second-order valence-electron chi connectivity index (χ2n) is 2.39. The molecule has 12 heavy (non-hydrogen) atoms. The maximum absolute atomic E-state index is 13.1. The fraction of sp³-hybridized carbons (Fsp3) is 0.125. The Kier molecular flexibility index (Phi) is 1.46. The monoisotopic (exact) mass is 166 g/mol. The largest absolute Gasteiger partial charge is 0.497 e. The van der Waals surface area contributed by atoms with E-state index in [2.05, 4.69) is 5.10 Å². The van der Waals surface area contributed by atoms with E-state index in [-0.39, 0.29) is 0 Å². The number of ether oxygens (including phenoxy) is 1. The zero-order valence-corrected chi connectivity index (χ0v) is 6.49. The van der Waals surface area contributed by atoms with Gasteiger partial charge in [-0.25, -0.2) is 4.52 Å². The van der Waals surface area contributed by atoms with E-state index in [0.717, 1.165) is 0 Å². The van der Waals surface area contributed by atoms with Gasteiger partial charge in [0.15, 0.2) is 0 Å². The van der Waals surface area contributed by atoms with E-state index in [4.69, 9.17) is 4.74 Å². The van der Waals surface area contributed by atoms with Crippen molar-refractivity contribution in [3.63, 3.8) is 0 Å². The van der Waals surface area contributed by atoms with Crippen molar-refractivity contribution in [2.24, 2.45) is 0 Å². The Balaban J connectivity index is 2.75. The number of methoxy groups -OCH3 is 1. The summed E-state index contributed by atoms with van der Waals surface area (Å²) < 4.78 is 19.2. The quantitative estimate of drug-likeness (QED) is 0.600. The van der Waals surface area contributed by atoms with Crippen LogP contribution in [0.4, 0.5) is 4.39 Å². The molecule has 0 aliphatic heterocycles. The molecule has 62 valence electrons. The lowest BCUT2D eigenvalue weighted by molar-refractivity contribution is 0.408. The Morgan fingerprint density at radius 3 is 3.08 bits per heavy atom. The van der Waals surface area contributed by atoms with Crippen LogP contribution in [0.2, 0.25) is 0 Å². The highest BCUT2D eigenvalue weighted by molar-refractivity contribution is 5.49. The number of aromatic nitrogens is 2. The van der Waals surface area contributed by atoms with Gasteiger partial charge in [0.2, 0.25) is 5.95 Å². The summed E-state index contributed by atoms with van der Waals surface area (Å²) in [5, 5.41) is 3.78. The lowest BCUT2D eigenvalue weighted by Crippen LogP contribution is -1.95. The lowest BCUT2D eigenvalue weighted by atomic mass is 10.4. The van der Waals surface area contributed by atoms with Gasteiger partial charge in [0.05, 0.1) is 18.8 Å². The fourth-order valence-electron chi connectivity index (χ4n) is 1.09. The minimum atomic E-state index is -0.422.